The van der Waals surface area contributed by atoms with Crippen LogP contribution in [0.1, 0.15) is 17.0 Å². The molecule has 1 aromatic heterocycles. The van der Waals surface area contributed by atoms with Crippen molar-refractivity contribution in [1.82, 2.24) is 9.99 Å². The van der Waals surface area contributed by atoms with Gasteiger partial charge in [-0.3, -0.25) is 4.79 Å². The number of hydrogen-bond donors (Lipinski definition) is 1. The van der Waals surface area contributed by atoms with E-state index in [-0.39, 0.29) is 12.5 Å². The molecule has 28 heavy (non-hydrogen) atoms. The number of halogens is 2. The van der Waals surface area contributed by atoms with Gasteiger partial charge in [-0.25, -0.2) is 5.43 Å². The molecule has 0 unspecified atom stereocenters. The number of rotatable bonds is 6. The molecule has 144 valence electrons. The van der Waals surface area contributed by atoms with Crippen LogP contribution in [-0.2, 0) is 4.79 Å². The second kappa shape index (κ2) is 9.08. The van der Waals surface area contributed by atoms with Crippen molar-refractivity contribution < 1.29 is 9.53 Å². The van der Waals surface area contributed by atoms with E-state index < -0.39 is 0 Å². The number of carbonyl (C=O) groups is 1. The van der Waals surface area contributed by atoms with Gasteiger partial charge < -0.3 is 9.30 Å². The monoisotopic (exact) mass is 459 g/mol. The van der Waals surface area contributed by atoms with E-state index in [1.165, 1.54) is 0 Å². The van der Waals surface area contributed by atoms with Gasteiger partial charge in [-0.15, -0.1) is 0 Å². The molecule has 0 radical (unpaired) electrons. The lowest BCUT2D eigenvalue weighted by Gasteiger charge is -2.09. The normalized spacial score (nSPS) is 11.0. The third-order valence-corrected chi connectivity index (χ3v) is 4.91. The summed E-state index contributed by atoms with van der Waals surface area (Å²) in [5.74, 6) is 0.231. The lowest BCUT2D eigenvalue weighted by Crippen LogP contribution is -2.24. The standard InChI is InChI=1S/C21H19BrClN3O2/c1-14-11-16(15(2)26(14)19-7-3-17(22)4-8-19)12-24-25-21(27)13-28-20-9-5-18(23)6-10-20/h3-12H,13H2,1-2H3,(H,25,27)/b24-12-. The number of aromatic nitrogens is 1. The van der Waals surface area contributed by atoms with Crippen molar-refractivity contribution in [1.29, 1.82) is 0 Å². The summed E-state index contributed by atoms with van der Waals surface area (Å²) < 4.78 is 8.56. The number of amides is 1. The molecular formula is C21H19BrClN3O2. The van der Waals surface area contributed by atoms with Crippen LogP contribution in [0, 0.1) is 13.8 Å². The lowest BCUT2D eigenvalue weighted by atomic mass is 10.2. The number of carbonyl (C=O) groups excluding carboxylic acids is 1. The van der Waals surface area contributed by atoms with Crippen molar-refractivity contribution in [3.05, 3.63) is 81.0 Å². The maximum Gasteiger partial charge on any atom is 0.277 e. The average Bonchev–Trinajstić information content (AvgIpc) is 2.96. The number of aryl methyl sites for hydroxylation is 1. The van der Waals surface area contributed by atoms with Crippen LogP contribution in [-0.4, -0.2) is 23.3 Å². The van der Waals surface area contributed by atoms with Gasteiger partial charge in [0.1, 0.15) is 5.75 Å². The number of hydrazone groups is 1. The molecule has 0 aliphatic rings. The highest BCUT2D eigenvalue weighted by atomic mass is 79.9. The van der Waals surface area contributed by atoms with Crippen LogP contribution in [0.5, 0.6) is 5.75 Å². The van der Waals surface area contributed by atoms with E-state index in [0.717, 1.165) is 27.1 Å². The Bertz CT molecular complexity index is 996. The van der Waals surface area contributed by atoms with E-state index in [9.17, 15) is 4.79 Å². The van der Waals surface area contributed by atoms with E-state index in [4.69, 9.17) is 16.3 Å². The minimum atomic E-state index is -0.340. The zero-order chi connectivity index (χ0) is 20.1. The molecular weight excluding hydrogens is 442 g/mol. The zero-order valence-electron chi connectivity index (χ0n) is 15.4. The molecule has 5 nitrogen and oxygen atoms in total. The second-order valence-electron chi connectivity index (χ2n) is 6.17. The number of ether oxygens (including phenoxy) is 1. The van der Waals surface area contributed by atoms with E-state index in [2.05, 4.69) is 31.0 Å². The first-order valence-electron chi connectivity index (χ1n) is 8.59. The Morgan fingerprint density at radius 3 is 2.54 bits per heavy atom. The summed E-state index contributed by atoms with van der Waals surface area (Å²) in [5.41, 5.74) is 6.60. The highest BCUT2D eigenvalue weighted by Gasteiger charge is 2.09. The van der Waals surface area contributed by atoms with E-state index in [1.807, 2.05) is 44.2 Å². The molecule has 7 heteroatoms. The molecule has 3 rings (SSSR count). The van der Waals surface area contributed by atoms with Crippen LogP contribution in [0.3, 0.4) is 0 Å². The number of hydrogen-bond acceptors (Lipinski definition) is 3. The fourth-order valence-corrected chi connectivity index (χ4v) is 3.18. The quantitative estimate of drug-likeness (QED) is 0.414. The molecule has 2 aromatic carbocycles. The summed E-state index contributed by atoms with van der Waals surface area (Å²) in [4.78, 5) is 11.9. The van der Waals surface area contributed by atoms with Crippen LogP contribution in [0.25, 0.3) is 5.69 Å². The molecule has 0 spiro atoms. The zero-order valence-corrected chi connectivity index (χ0v) is 17.8. The fourth-order valence-electron chi connectivity index (χ4n) is 2.79. The van der Waals surface area contributed by atoms with Crippen molar-refractivity contribution in [3.8, 4) is 11.4 Å². The lowest BCUT2D eigenvalue weighted by molar-refractivity contribution is -0.123. The third kappa shape index (κ3) is 5.03. The van der Waals surface area contributed by atoms with Gasteiger partial charge in [-0.2, -0.15) is 5.10 Å². The van der Waals surface area contributed by atoms with Crippen molar-refractivity contribution in [3.63, 3.8) is 0 Å². The highest BCUT2D eigenvalue weighted by molar-refractivity contribution is 9.10. The average molecular weight is 461 g/mol. The van der Waals surface area contributed by atoms with E-state index in [1.54, 1.807) is 30.5 Å². The van der Waals surface area contributed by atoms with Crippen molar-refractivity contribution in [2.45, 2.75) is 13.8 Å². The van der Waals surface area contributed by atoms with Gasteiger partial charge in [0.25, 0.3) is 5.91 Å². The minimum Gasteiger partial charge on any atom is -0.484 e. The maximum absolute atomic E-state index is 11.9. The maximum atomic E-state index is 11.9. The predicted molar refractivity (Wildman–Crippen MR) is 116 cm³/mol. The van der Waals surface area contributed by atoms with Gasteiger partial charge in [0.05, 0.1) is 6.21 Å². The summed E-state index contributed by atoms with van der Waals surface area (Å²) in [5, 5.41) is 4.66. The summed E-state index contributed by atoms with van der Waals surface area (Å²) in [6.07, 6.45) is 1.64. The smallest absolute Gasteiger partial charge is 0.277 e. The molecule has 0 aliphatic carbocycles. The van der Waals surface area contributed by atoms with E-state index >= 15 is 0 Å². The predicted octanol–water partition coefficient (Wildman–Crippen LogP) is 5.04. The number of nitrogens with one attached hydrogen (secondary N) is 1. The van der Waals surface area contributed by atoms with Gasteiger partial charge in [-0.05, 0) is 68.4 Å². The molecule has 1 N–H and O–H groups in total. The Morgan fingerprint density at radius 1 is 1.18 bits per heavy atom. The SMILES string of the molecule is Cc1cc(/C=N\NC(=O)COc2ccc(Cl)cc2)c(C)n1-c1ccc(Br)cc1. The number of benzene rings is 2. The Kier molecular flexibility index (Phi) is 6.54. The molecule has 0 atom stereocenters. The van der Waals surface area contributed by atoms with Crippen LogP contribution in [0.2, 0.25) is 5.02 Å². The highest BCUT2D eigenvalue weighted by Crippen LogP contribution is 2.21. The molecule has 0 bridgehead atoms. The first-order chi connectivity index (χ1) is 13.4. The van der Waals surface area contributed by atoms with Crippen molar-refractivity contribution in [2.75, 3.05) is 6.61 Å². The Morgan fingerprint density at radius 2 is 1.86 bits per heavy atom. The molecule has 0 aliphatic heterocycles. The molecule has 0 fully saturated rings. The van der Waals surface area contributed by atoms with Crippen molar-refractivity contribution >= 4 is 39.7 Å². The topological polar surface area (TPSA) is 55.6 Å². The van der Waals surface area contributed by atoms with Gasteiger partial charge >= 0.3 is 0 Å². The first kappa shape index (κ1) is 20.2. The second-order valence-corrected chi connectivity index (χ2v) is 7.53. The Labute approximate surface area is 177 Å². The fraction of sp³-hybridized carbons (Fsp3) is 0.143. The summed E-state index contributed by atoms with van der Waals surface area (Å²) >= 11 is 9.27. The van der Waals surface area contributed by atoms with Gasteiger partial charge in [0, 0.05) is 32.1 Å². The molecule has 0 saturated carbocycles. The summed E-state index contributed by atoms with van der Waals surface area (Å²) in [6, 6.07) is 16.9. The van der Waals surface area contributed by atoms with Crippen LogP contribution < -0.4 is 10.2 Å². The number of nitrogens with zero attached hydrogens (tertiary/aromatic N) is 2. The molecule has 1 heterocycles. The molecule has 1 amide bonds. The third-order valence-electron chi connectivity index (χ3n) is 4.13. The molecule has 0 saturated heterocycles. The van der Waals surface area contributed by atoms with Crippen LogP contribution in [0.15, 0.2) is 64.2 Å². The summed E-state index contributed by atoms with van der Waals surface area (Å²) in [6.45, 7) is 3.92. The van der Waals surface area contributed by atoms with Crippen LogP contribution >= 0.6 is 27.5 Å². The van der Waals surface area contributed by atoms with Gasteiger partial charge in [0.2, 0.25) is 0 Å². The van der Waals surface area contributed by atoms with Gasteiger partial charge in [0.15, 0.2) is 6.61 Å². The Balaban J connectivity index is 1.61. The summed E-state index contributed by atoms with van der Waals surface area (Å²) in [7, 11) is 0. The van der Waals surface area contributed by atoms with Gasteiger partial charge in [-0.1, -0.05) is 27.5 Å². The largest absolute Gasteiger partial charge is 0.484 e. The minimum absolute atomic E-state index is 0.128. The van der Waals surface area contributed by atoms with Crippen LogP contribution in [0.4, 0.5) is 0 Å². The molecule has 3 aromatic rings. The first-order valence-corrected chi connectivity index (χ1v) is 9.76. The van der Waals surface area contributed by atoms with E-state index in [0.29, 0.717) is 10.8 Å². The van der Waals surface area contributed by atoms with Crippen molar-refractivity contribution in [2.24, 2.45) is 5.10 Å². The Hall–Kier alpha value is -2.57.